The van der Waals surface area contributed by atoms with Crippen LogP contribution in [0.1, 0.15) is 35.7 Å². The monoisotopic (exact) mass is 326 g/mol. The van der Waals surface area contributed by atoms with E-state index in [1.54, 1.807) is 6.92 Å². The first-order valence-corrected chi connectivity index (χ1v) is 8.76. The van der Waals surface area contributed by atoms with E-state index in [9.17, 15) is 13.2 Å². The Kier molecular flexibility index (Phi) is 5.20. The molecule has 2 unspecified atom stereocenters. The molecule has 0 spiro atoms. The minimum absolute atomic E-state index is 0.0677. The highest BCUT2D eigenvalue weighted by Gasteiger charge is 2.25. The Bertz CT molecular complexity index is 658. The van der Waals surface area contributed by atoms with Crippen LogP contribution < -0.4 is 10.0 Å². The highest BCUT2D eigenvalue weighted by Crippen LogP contribution is 2.18. The Morgan fingerprint density at radius 3 is 2.73 bits per heavy atom. The van der Waals surface area contributed by atoms with Crippen LogP contribution in [0, 0.1) is 6.92 Å². The molecule has 0 saturated carbocycles. The largest absolute Gasteiger partial charge is 0.465 e. The van der Waals surface area contributed by atoms with Gasteiger partial charge in [-0.05, 0) is 57.0 Å². The summed E-state index contributed by atoms with van der Waals surface area (Å²) in [7, 11) is -2.29. The van der Waals surface area contributed by atoms with Crippen molar-refractivity contribution >= 4 is 16.0 Å². The van der Waals surface area contributed by atoms with E-state index in [1.807, 2.05) is 6.92 Å². The first-order valence-electron chi connectivity index (χ1n) is 7.28. The number of carbonyl (C=O) groups excluding carboxylic acids is 1. The van der Waals surface area contributed by atoms with E-state index in [2.05, 4.69) is 14.8 Å². The zero-order chi connectivity index (χ0) is 16.3. The number of hydrogen-bond acceptors (Lipinski definition) is 5. The molecule has 1 aromatic carbocycles. The minimum atomic E-state index is -3.58. The predicted octanol–water partition coefficient (Wildman–Crippen LogP) is 1.20. The third-order valence-corrected chi connectivity index (χ3v) is 5.38. The molecule has 0 bridgehead atoms. The fourth-order valence-electron chi connectivity index (χ4n) is 2.67. The summed E-state index contributed by atoms with van der Waals surface area (Å²) in [5.74, 6) is -0.471. The highest BCUT2D eigenvalue weighted by atomic mass is 32.2. The first-order chi connectivity index (χ1) is 10.3. The van der Waals surface area contributed by atoms with Crippen molar-refractivity contribution in [2.45, 2.75) is 43.7 Å². The Hall–Kier alpha value is -1.44. The fraction of sp³-hybridized carbons (Fsp3) is 0.533. The zero-order valence-corrected chi connectivity index (χ0v) is 13.9. The average Bonchev–Trinajstić information content (AvgIpc) is 2.46. The van der Waals surface area contributed by atoms with Gasteiger partial charge in [0.1, 0.15) is 0 Å². The number of rotatable bonds is 4. The maximum absolute atomic E-state index is 12.5. The number of sulfonamides is 1. The molecular formula is C15H22N2O4S. The molecule has 0 aliphatic carbocycles. The van der Waals surface area contributed by atoms with Crippen LogP contribution in [-0.2, 0) is 14.8 Å². The van der Waals surface area contributed by atoms with Crippen LogP contribution in [0.3, 0.4) is 0 Å². The molecule has 122 valence electrons. The summed E-state index contributed by atoms with van der Waals surface area (Å²) in [6, 6.07) is 4.65. The number of hydrogen-bond donors (Lipinski definition) is 2. The molecule has 22 heavy (non-hydrogen) atoms. The van der Waals surface area contributed by atoms with E-state index in [4.69, 9.17) is 0 Å². The molecule has 7 heteroatoms. The van der Waals surface area contributed by atoms with Crippen LogP contribution in [0.5, 0.6) is 0 Å². The van der Waals surface area contributed by atoms with Crippen LogP contribution in [0.25, 0.3) is 0 Å². The Morgan fingerprint density at radius 2 is 2.14 bits per heavy atom. The Balaban J connectivity index is 2.19. The van der Waals surface area contributed by atoms with Gasteiger partial charge in [0.25, 0.3) is 0 Å². The van der Waals surface area contributed by atoms with Crippen molar-refractivity contribution in [3.8, 4) is 0 Å². The summed E-state index contributed by atoms with van der Waals surface area (Å²) < 4.78 is 32.3. The van der Waals surface area contributed by atoms with Crippen molar-refractivity contribution in [2.75, 3.05) is 13.7 Å². The highest BCUT2D eigenvalue weighted by molar-refractivity contribution is 7.89. The second-order valence-electron chi connectivity index (χ2n) is 5.67. The molecule has 0 radical (unpaired) electrons. The zero-order valence-electron chi connectivity index (χ0n) is 13.0. The molecule has 2 rings (SSSR count). The van der Waals surface area contributed by atoms with Gasteiger partial charge in [-0.15, -0.1) is 0 Å². The number of ether oxygens (including phenoxy) is 1. The fourth-order valence-corrected chi connectivity index (χ4v) is 4.04. The topological polar surface area (TPSA) is 84.5 Å². The molecule has 0 amide bonds. The van der Waals surface area contributed by atoms with Crippen LogP contribution in [0.15, 0.2) is 23.1 Å². The standard InChI is InChI=1S/C15H22N2O4S/c1-10-8-13(4-5-14(10)15(18)21-3)22(19,20)17-12-6-7-16-11(2)9-12/h4-5,8,11-12,16-17H,6-7,9H2,1-3H3. The van der Waals surface area contributed by atoms with E-state index >= 15 is 0 Å². The second kappa shape index (κ2) is 6.76. The molecular weight excluding hydrogens is 304 g/mol. The lowest BCUT2D eigenvalue weighted by molar-refractivity contribution is 0.0600. The normalized spacial score (nSPS) is 22.3. The number of methoxy groups -OCH3 is 1. The van der Waals surface area contributed by atoms with E-state index in [0.717, 1.165) is 19.4 Å². The van der Waals surface area contributed by atoms with E-state index in [-0.39, 0.29) is 10.9 Å². The Morgan fingerprint density at radius 1 is 1.41 bits per heavy atom. The van der Waals surface area contributed by atoms with Gasteiger partial charge in [0, 0.05) is 12.1 Å². The number of aryl methyl sites for hydroxylation is 1. The number of esters is 1. The number of nitrogens with one attached hydrogen (secondary N) is 2. The van der Waals surface area contributed by atoms with Crippen LogP contribution in [0.2, 0.25) is 0 Å². The van der Waals surface area contributed by atoms with Crippen LogP contribution in [0.4, 0.5) is 0 Å². The van der Waals surface area contributed by atoms with Gasteiger partial charge in [0.05, 0.1) is 17.6 Å². The summed E-state index contributed by atoms with van der Waals surface area (Å²) in [6.07, 6.45) is 1.53. The molecule has 0 aromatic heterocycles. The minimum Gasteiger partial charge on any atom is -0.465 e. The maximum Gasteiger partial charge on any atom is 0.338 e. The van der Waals surface area contributed by atoms with Gasteiger partial charge in [-0.25, -0.2) is 17.9 Å². The molecule has 1 heterocycles. The van der Waals surface area contributed by atoms with Crippen molar-refractivity contribution < 1.29 is 17.9 Å². The smallest absolute Gasteiger partial charge is 0.338 e. The van der Waals surface area contributed by atoms with E-state index < -0.39 is 16.0 Å². The number of carbonyl (C=O) groups is 1. The number of piperidine rings is 1. The van der Waals surface area contributed by atoms with Crippen LogP contribution >= 0.6 is 0 Å². The molecule has 1 aliphatic heterocycles. The van der Waals surface area contributed by atoms with Crippen molar-refractivity contribution in [3.63, 3.8) is 0 Å². The lowest BCUT2D eigenvalue weighted by atomic mass is 10.0. The van der Waals surface area contributed by atoms with E-state index in [1.165, 1.54) is 25.3 Å². The lowest BCUT2D eigenvalue weighted by Crippen LogP contribution is -2.46. The number of benzene rings is 1. The summed E-state index contributed by atoms with van der Waals surface area (Å²) in [4.78, 5) is 11.7. The third kappa shape index (κ3) is 3.85. The van der Waals surface area contributed by atoms with Gasteiger partial charge in [-0.2, -0.15) is 0 Å². The van der Waals surface area contributed by atoms with Crippen molar-refractivity contribution in [3.05, 3.63) is 29.3 Å². The van der Waals surface area contributed by atoms with Crippen LogP contribution in [-0.4, -0.2) is 40.1 Å². The van der Waals surface area contributed by atoms with Gasteiger partial charge >= 0.3 is 5.97 Å². The van der Waals surface area contributed by atoms with Crippen molar-refractivity contribution in [1.29, 1.82) is 0 Å². The maximum atomic E-state index is 12.5. The summed E-state index contributed by atoms with van der Waals surface area (Å²) in [5, 5.41) is 3.29. The summed E-state index contributed by atoms with van der Waals surface area (Å²) in [6.45, 7) is 4.53. The molecule has 2 atom stereocenters. The molecule has 6 nitrogen and oxygen atoms in total. The second-order valence-corrected chi connectivity index (χ2v) is 7.38. The molecule has 1 fully saturated rings. The summed E-state index contributed by atoms with van der Waals surface area (Å²) in [5.41, 5.74) is 0.949. The van der Waals surface area contributed by atoms with Gasteiger partial charge in [-0.1, -0.05) is 0 Å². The van der Waals surface area contributed by atoms with E-state index in [0.29, 0.717) is 17.2 Å². The quantitative estimate of drug-likeness (QED) is 0.812. The predicted molar refractivity (Wildman–Crippen MR) is 83.3 cm³/mol. The SMILES string of the molecule is COC(=O)c1ccc(S(=O)(=O)NC2CCNC(C)C2)cc1C. The Labute approximate surface area is 131 Å². The third-order valence-electron chi connectivity index (χ3n) is 3.86. The van der Waals surface area contributed by atoms with Crippen molar-refractivity contribution in [2.24, 2.45) is 0 Å². The molecule has 2 N–H and O–H groups in total. The van der Waals surface area contributed by atoms with Crippen molar-refractivity contribution in [1.82, 2.24) is 10.0 Å². The lowest BCUT2D eigenvalue weighted by Gasteiger charge is -2.28. The molecule has 1 saturated heterocycles. The average molecular weight is 326 g/mol. The van der Waals surface area contributed by atoms with Gasteiger partial charge in [0.15, 0.2) is 0 Å². The van der Waals surface area contributed by atoms with Gasteiger partial charge < -0.3 is 10.1 Å². The van der Waals surface area contributed by atoms with Gasteiger partial charge in [-0.3, -0.25) is 0 Å². The molecule has 1 aliphatic rings. The first kappa shape index (κ1) is 16.9. The van der Waals surface area contributed by atoms with Gasteiger partial charge in [0.2, 0.25) is 10.0 Å². The summed E-state index contributed by atoms with van der Waals surface area (Å²) >= 11 is 0. The molecule has 1 aromatic rings.